The van der Waals surface area contributed by atoms with E-state index in [0.717, 1.165) is 58.6 Å². The topological polar surface area (TPSA) is 113 Å². The molecular formula is C36H41ClFN7O3. The molecule has 1 atom stereocenters. The molecule has 2 aliphatic heterocycles. The average Bonchev–Trinajstić information content (AvgIpc) is 3.66. The molecule has 2 aromatic heterocycles. The summed E-state index contributed by atoms with van der Waals surface area (Å²) in [6.45, 7) is 5.01. The first-order chi connectivity index (χ1) is 23.3. The Hall–Kier alpha value is -4.32. The second-order valence-corrected chi connectivity index (χ2v) is 12.7. The summed E-state index contributed by atoms with van der Waals surface area (Å²) in [4.78, 5) is 36.5. The maximum Gasteiger partial charge on any atom is 0.291 e. The summed E-state index contributed by atoms with van der Waals surface area (Å²) in [7, 11) is 3.51. The predicted molar refractivity (Wildman–Crippen MR) is 185 cm³/mol. The van der Waals surface area contributed by atoms with Crippen molar-refractivity contribution >= 4 is 29.1 Å². The van der Waals surface area contributed by atoms with Gasteiger partial charge in [0.05, 0.1) is 30.2 Å². The van der Waals surface area contributed by atoms with E-state index in [-0.39, 0.29) is 24.5 Å². The number of halogens is 2. The van der Waals surface area contributed by atoms with Crippen LogP contribution in [0.15, 0.2) is 48.7 Å². The van der Waals surface area contributed by atoms with Crippen LogP contribution < -0.4 is 20.7 Å². The van der Waals surface area contributed by atoms with Gasteiger partial charge in [-0.2, -0.15) is 0 Å². The molecule has 2 aromatic carbocycles. The lowest BCUT2D eigenvalue weighted by Crippen LogP contribution is -2.35. The molecule has 6 rings (SSSR count). The lowest BCUT2D eigenvalue weighted by Gasteiger charge is -2.26. The minimum atomic E-state index is -0.339. The van der Waals surface area contributed by atoms with Crippen molar-refractivity contribution in [1.82, 2.24) is 30.1 Å². The quantitative estimate of drug-likeness (QED) is 0.183. The molecule has 12 heteroatoms. The maximum atomic E-state index is 13.5. The molecule has 0 bridgehead atoms. The molecule has 0 aliphatic carbocycles. The van der Waals surface area contributed by atoms with Crippen LogP contribution in [0.2, 0.25) is 5.02 Å². The van der Waals surface area contributed by atoms with E-state index in [1.54, 1.807) is 13.3 Å². The van der Waals surface area contributed by atoms with Gasteiger partial charge in [-0.25, -0.2) is 4.98 Å². The Labute approximate surface area is 285 Å². The zero-order valence-electron chi connectivity index (χ0n) is 27.5. The van der Waals surface area contributed by atoms with Gasteiger partial charge < -0.3 is 25.3 Å². The fourth-order valence-electron chi connectivity index (χ4n) is 6.60. The van der Waals surface area contributed by atoms with Gasteiger partial charge in [0.25, 0.3) is 5.91 Å². The molecule has 0 unspecified atom stereocenters. The zero-order chi connectivity index (χ0) is 33.8. The second kappa shape index (κ2) is 14.8. The molecule has 2 aliphatic rings. The van der Waals surface area contributed by atoms with Gasteiger partial charge in [0.1, 0.15) is 5.75 Å². The number of alkyl halides is 1. The van der Waals surface area contributed by atoms with Crippen LogP contribution in [0.3, 0.4) is 0 Å². The lowest BCUT2D eigenvalue weighted by atomic mass is 9.97. The summed E-state index contributed by atoms with van der Waals surface area (Å²) in [5.41, 5.74) is 7.51. The van der Waals surface area contributed by atoms with Crippen LogP contribution in [0, 0.1) is 6.92 Å². The highest BCUT2D eigenvalue weighted by Gasteiger charge is 2.26. The van der Waals surface area contributed by atoms with Gasteiger partial charge in [0.2, 0.25) is 5.91 Å². The van der Waals surface area contributed by atoms with Crippen molar-refractivity contribution in [3.63, 3.8) is 0 Å². The molecule has 1 fully saturated rings. The number of imidazole rings is 1. The minimum Gasteiger partial charge on any atom is -0.496 e. The van der Waals surface area contributed by atoms with Crippen LogP contribution >= 0.6 is 11.6 Å². The van der Waals surface area contributed by atoms with Crippen molar-refractivity contribution in [2.45, 2.75) is 51.7 Å². The molecule has 10 nitrogen and oxygen atoms in total. The highest BCUT2D eigenvalue weighted by Crippen LogP contribution is 2.39. The average molecular weight is 674 g/mol. The minimum absolute atomic E-state index is 0.102. The number of hydrogen-bond donors (Lipinski definition) is 3. The van der Waals surface area contributed by atoms with Crippen molar-refractivity contribution in [2.24, 2.45) is 7.05 Å². The molecule has 4 aromatic rings. The van der Waals surface area contributed by atoms with E-state index in [1.165, 1.54) is 0 Å². The third-order valence-electron chi connectivity index (χ3n) is 9.26. The number of hydrogen-bond acceptors (Lipinski definition) is 7. The fraction of sp³-hybridized carbons (Fsp3) is 0.389. The van der Waals surface area contributed by atoms with Crippen molar-refractivity contribution in [3.05, 3.63) is 82.0 Å². The van der Waals surface area contributed by atoms with E-state index < -0.39 is 0 Å². The van der Waals surface area contributed by atoms with Crippen molar-refractivity contribution in [3.8, 4) is 28.1 Å². The van der Waals surface area contributed by atoms with Gasteiger partial charge >= 0.3 is 0 Å². The van der Waals surface area contributed by atoms with E-state index in [0.29, 0.717) is 67.0 Å². The highest BCUT2D eigenvalue weighted by molar-refractivity contribution is 6.35. The van der Waals surface area contributed by atoms with Gasteiger partial charge in [-0.3, -0.25) is 23.9 Å². The van der Waals surface area contributed by atoms with Crippen molar-refractivity contribution < 1.29 is 18.7 Å². The number of rotatable bonds is 12. The van der Waals surface area contributed by atoms with E-state index in [4.69, 9.17) is 16.3 Å². The summed E-state index contributed by atoms with van der Waals surface area (Å²) in [5, 5.41) is 9.95. The Kier molecular flexibility index (Phi) is 10.4. The second-order valence-electron chi connectivity index (χ2n) is 12.4. The number of carbonyl (C=O) groups excluding carboxylic acids is 2. The molecule has 4 heterocycles. The van der Waals surface area contributed by atoms with Crippen molar-refractivity contribution in [1.29, 1.82) is 0 Å². The molecule has 1 saturated heterocycles. The summed E-state index contributed by atoms with van der Waals surface area (Å²) in [5.74, 6) is 0.867. The van der Waals surface area contributed by atoms with Crippen LogP contribution in [-0.4, -0.2) is 70.7 Å². The number of pyridine rings is 1. The Morgan fingerprint density at radius 2 is 2.04 bits per heavy atom. The monoisotopic (exact) mass is 673 g/mol. The molecule has 0 radical (unpaired) electrons. The van der Waals surface area contributed by atoms with E-state index >= 15 is 0 Å². The van der Waals surface area contributed by atoms with E-state index in [1.807, 2.05) is 61.0 Å². The summed E-state index contributed by atoms with van der Waals surface area (Å²) in [6, 6.07) is 13.7. The molecule has 0 spiro atoms. The Bertz CT molecular complexity index is 1830. The smallest absolute Gasteiger partial charge is 0.291 e. The van der Waals surface area contributed by atoms with Gasteiger partial charge in [-0.1, -0.05) is 35.9 Å². The van der Waals surface area contributed by atoms with E-state index in [2.05, 4.69) is 30.8 Å². The van der Waals surface area contributed by atoms with Gasteiger partial charge in [0, 0.05) is 92.9 Å². The standard InChI is InChI=1S/C36H41ClFN7O3/c1-22-26(6-4-7-28(22)43-36(47)35-42-29-21-45(16-5-14-38)17-13-30(29)44(35)2)27-12-15-40-34(33(27)37)23-8-9-24(31(18-23)48-3)19-39-20-25-10-11-32(46)41-25/h4,6-9,12,15,18,25,39H,5,10-11,13-14,16-17,19-21H2,1-3H3,(H,41,46)(H,43,47)/t25-/m1/s1. The Morgan fingerprint density at radius 1 is 1.19 bits per heavy atom. The number of carbonyl (C=O) groups is 2. The largest absolute Gasteiger partial charge is 0.496 e. The third-order valence-corrected chi connectivity index (χ3v) is 9.64. The van der Waals surface area contributed by atoms with Crippen LogP contribution in [0.5, 0.6) is 5.75 Å². The molecular weight excluding hydrogens is 633 g/mol. The van der Waals surface area contributed by atoms with E-state index in [9.17, 15) is 14.0 Å². The number of nitrogens with zero attached hydrogens (tertiary/aromatic N) is 4. The zero-order valence-corrected chi connectivity index (χ0v) is 28.3. The molecule has 3 N–H and O–H groups in total. The molecule has 0 saturated carbocycles. The number of ether oxygens (including phenoxy) is 1. The van der Waals surface area contributed by atoms with Gasteiger partial charge in [0.15, 0.2) is 5.82 Å². The number of fused-ring (bicyclic) bond motifs is 1. The predicted octanol–water partition coefficient (Wildman–Crippen LogP) is 5.46. The fourth-order valence-corrected chi connectivity index (χ4v) is 6.93. The first-order valence-electron chi connectivity index (χ1n) is 16.3. The van der Waals surface area contributed by atoms with Gasteiger partial charge in [-0.05, 0) is 49.1 Å². The first-order valence-corrected chi connectivity index (χ1v) is 16.7. The number of anilines is 1. The molecule has 2 amide bonds. The first kappa shape index (κ1) is 33.6. The number of nitrogens with one attached hydrogen (secondary N) is 3. The maximum absolute atomic E-state index is 13.5. The lowest BCUT2D eigenvalue weighted by molar-refractivity contribution is -0.119. The molecule has 48 heavy (non-hydrogen) atoms. The van der Waals surface area contributed by atoms with Crippen molar-refractivity contribution in [2.75, 3.05) is 38.7 Å². The van der Waals surface area contributed by atoms with Crippen LogP contribution in [-0.2, 0) is 31.4 Å². The number of aromatic nitrogens is 3. The van der Waals surface area contributed by atoms with Gasteiger partial charge in [-0.15, -0.1) is 0 Å². The van der Waals surface area contributed by atoms with Crippen LogP contribution in [0.4, 0.5) is 10.1 Å². The Balaban J connectivity index is 1.19. The third kappa shape index (κ3) is 7.08. The number of benzene rings is 2. The van der Waals surface area contributed by atoms with Crippen LogP contribution in [0.1, 0.15) is 52.4 Å². The SMILES string of the molecule is COc1cc(-c2nccc(-c3cccc(NC(=O)c4nc5c(n4C)CCN(CCCF)C5)c3C)c2Cl)ccc1CNC[C@H]1CCC(=O)N1. The molecule has 252 valence electrons. The number of methoxy groups -OCH3 is 1. The highest BCUT2D eigenvalue weighted by atomic mass is 35.5. The van der Waals surface area contributed by atoms with Crippen LogP contribution in [0.25, 0.3) is 22.4 Å². The number of amides is 2. The Morgan fingerprint density at radius 3 is 2.81 bits per heavy atom. The normalized spacial score (nSPS) is 16.1. The summed E-state index contributed by atoms with van der Waals surface area (Å²) >= 11 is 7.05. The summed E-state index contributed by atoms with van der Waals surface area (Å²) < 4.78 is 20.3. The summed E-state index contributed by atoms with van der Waals surface area (Å²) in [6.07, 6.45) is 4.41.